The number of fused-ring (bicyclic) bond motifs is 1. The summed E-state index contributed by atoms with van der Waals surface area (Å²) < 4.78 is 0. The summed E-state index contributed by atoms with van der Waals surface area (Å²) >= 11 is 1.55. The van der Waals surface area contributed by atoms with Crippen LogP contribution in [0.1, 0.15) is 71.2 Å². The van der Waals surface area contributed by atoms with Crippen LogP contribution in [0.5, 0.6) is 0 Å². The van der Waals surface area contributed by atoms with Gasteiger partial charge in [0.05, 0.1) is 28.8 Å². The van der Waals surface area contributed by atoms with E-state index < -0.39 is 0 Å². The molecule has 4 rings (SSSR count). The highest BCUT2D eigenvalue weighted by Gasteiger charge is 2.42. The Morgan fingerprint density at radius 1 is 1.22 bits per heavy atom. The van der Waals surface area contributed by atoms with E-state index in [2.05, 4.69) is 11.8 Å². The molecule has 2 aliphatic heterocycles. The van der Waals surface area contributed by atoms with E-state index in [4.69, 9.17) is 0 Å². The molecule has 1 aromatic carbocycles. The Morgan fingerprint density at radius 2 is 2.03 bits per heavy atom. The molecule has 2 unspecified atom stereocenters. The summed E-state index contributed by atoms with van der Waals surface area (Å²) in [5, 5.41) is 1.96. The lowest BCUT2D eigenvalue weighted by molar-refractivity contribution is -0.134. The van der Waals surface area contributed by atoms with Crippen molar-refractivity contribution in [1.82, 2.24) is 9.80 Å². The third-order valence-corrected chi connectivity index (χ3v) is 7.64. The van der Waals surface area contributed by atoms with Crippen LogP contribution in [0.4, 0.5) is 5.69 Å². The Kier molecular flexibility index (Phi) is 6.65. The Balaban J connectivity index is 1.58. The van der Waals surface area contributed by atoms with Gasteiger partial charge in [0, 0.05) is 31.6 Å². The number of benzene rings is 1. The molecule has 0 spiro atoms. The fraction of sp³-hybridized carbons (Fsp3) is 0.480. The molecular weight excluding hydrogens is 422 g/mol. The molecule has 170 valence electrons. The summed E-state index contributed by atoms with van der Waals surface area (Å²) in [7, 11) is 1.88. The average molecular weight is 454 g/mol. The lowest BCUT2D eigenvalue weighted by Gasteiger charge is -2.36. The van der Waals surface area contributed by atoms with Crippen LogP contribution in [0, 0.1) is 5.92 Å². The number of thiophene rings is 1. The summed E-state index contributed by atoms with van der Waals surface area (Å²) in [6.07, 6.45) is 3.80. The molecule has 2 aliphatic rings. The number of anilines is 1. The van der Waals surface area contributed by atoms with E-state index in [1.165, 1.54) is 4.90 Å². The Labute approximate surface area is 193 Å². The summed E-state index contributed by atoms with van der Waals surface area (Å²) in [4.78, 5) is 45.9. The molecule has 1 saturated heterocycles. The zero-order valence-electron chi connectivity index (χ0n) is 19.0. The highest BCUT2D eigenvalue weighted by atomic mass is 32.1. The lowest BCUT2D eigenvalue weighted by Crippen LogP contribution is -2.44. The number of hydrogen-bond acceptors (Lipinski definition) is 5. The van der Waals surface area contributed by atoms with Gasteiger partial charge in [-0.1, -0.05) is 25.5 Å². The second-order valence-electron chi connectivity index (χ2n) is 8.77. The molecule has 3 amide bonds. The predicted molar refractivity (Wildman–Crippen MR) is 127 cm³/mol. The molecule has 0 bridgehead atoms. The molecule has 0 saturated carbocycles. The fourth-order valence-electron chi connectivity index (χ4n) is 4.77. The number of unbranched alkanes of at least 4 members (excludes halogenated alkanes) is 1. The number of piperidine rings is 1. The molecular formula is C25H31N3O3S. The van der Waals surface area contributed by atoms with Crippen molar-refractivity contribution >= 4 is 34.7 Å². The molecule has 2 aromatic rings. The van der Waals surface area contributed by atoms with E-state index in [1.807, 2.05) is 48.5 Å². The van der Waals surface area contributed by atoms with Crippen molar-refractivity contribution in [1.29, 1.82) is 0 Å². The van der Waals surface area contributed by atoms with Crippen LogP contribution in [0.3, 0.4) is 0 Å². The van der Waals surface area contributed by atoms with E-state index in [0.717, 1.165) is 49.3 Å². The first-order valence-corrected chi connectivity index (χ1v) is 12.4. The molecule has 0 aliphatic carbocycles. The van der Waals surface area contributed by atoms with Gasteiger partial charge in [-0.25, -0.2) is 0 Å². The largest absolute Gasteiger partial charge is 0.370 e. The molecule has 2 atom stereocenters. The van der Waals surface area contributed by atoms with E-state index >= 15 is 0 Å². The number of imide groups is 1. The number of amides is 3. The summed E-state index contributed by atoms with van der Waals surface area (Å²) in [6.45, 7) is 6.15. The highest BCUT2D eigenvalue weighted by molar-refractivity contribution is 7.10. The molecule has 6 nitrogen and oxygen atoms in total. The number of carbonyl (C=O) groups excluding carboxylic acids is 3. The maximum absolute atomic E-state index is 13.5. The zero-order chi connectivity index (χ0) is 22.8. The van der Waals surface area contributed by atoms with Gasteiger partial charge in [-0.05, 0) is 49.8 Å². The van der Waals surface area contributed by atoms with E-state index in [9.17, 15) is 14.4 Å². The molecule has 7 heteroatoms. The highest BCUT2D eigenvalue weighted by Crippen LogP contribution is 2.38. The lowest BCUT2D eigenvalue weighted by atomic mass is 9.95. The number of hydrogen-bond donors (Lipinski definition) is 0. The average Bonchev–Trinajstić information content (AvgIpc) is 3.44. The van der Waals surface area contributed by atoms with Gasteiger partial charge in [-0.2, -0.15) is 0 Å². The van der Waals surface area contributed by atoms with Gasteiger partial charge in [-0.15, -0.1) is 11.3 Å². The summed E-state index contributed by atoms with van der Waals surface area (Å²) in [5.74, 6) is -0.396. The molecule has 1 fully saturated rings. The van der Waals surface area contributed by atoms with Crippen LogP contribution in [0.2, 0.25) is 0 Å². The van der Waals surface area contributed by atoms with Gasteiger partial charge < -0.3 is 9.80 Å². The van der Waals surface area contributed by atoms with Crippen LogP contribution in [0.25, 0.3) is 0 Å². The predicted octanol–water partition coefficient (Wildman–Crippen LogP) is 4.58. The summed E-state index contributed by atoms with van der Waals surface area (Å²) in [5.41, 5.74) is 1.72. The number of carbonyl (C=O) groups is 3. The molecule has 32 heavy (non-hydrogen) atoms. The quantitative estimate of drug-likeness (QED) is 0.576. The minimum absolute atomic E-state index is 0.0881. The van der Waals surface area contributed by atoms with Crippen molar-refractivity contribution in [3.63, 3.8) is 0 Å². The van der Waals surface area contributed by atoms with Crippen LogP contribution in [0.15, 0.2) is 35.7 Å². The van der Waals surface area contributed by atoms with Gasteiger partial charge >= 0.3 is 0 Å². The Morgan fingerprint density at radius 3 is 2.75 bits per heavy atom. The van der Waals surface area contributed by atoms with E-state index in [0.29, 0.717) is 17.7 Å². The van der Waals surface area contributed by atoms with Crippen molar-refractivity contribution in [2.75, 3.05) is 31.6 Å². The van der Waals surface area contributed by atoms with Crippen molar-refractivity contribution < 1.29 is 14.4 Å². The second kappa shape index (κ2) is 9.45. The normalized spacial score (nSPS) is 19.3. The van der Waals surface area contributed by atoms with Crippen LogP contribution in [-0.4, -0.2) is 54.2 Å². The van der Waals surface area contributed by atoms with Gasteiger partial charge in [0.15, 0.2) is 0 Å². The van der Waals surface area contributed by atoms with Crippen molar-refractivity contribution in [3.8, 4) is 0 Å². The first-order chi connectivity index (χ1) is 15.4. The van der Waals surface area contributed by atoms with Crippen LogP contribution >= 0.6 is 11.3 Å². The van der Waals surface area contributed by atoms with E-state index in [1.54, 1.807) is 17.4 Å². The first kappa shape index (κ1) is 22.5. The third kappa shape index (κ3) is 4.06. The van der Waals surface area contributed by atoms with Gasteiger partial charge in [0.25, 0.3) is 11.8 Å². The van der Waals surface area contributed by atoms with Crippen molar-refractivity contribution in [2.45, 2.75) is 45.6 Å². The minimum atomic E-state index is -0.307. The number of nitrogens with zero attached hydrogens (tertiary/aromatic N) is 3. The monoisotopic (exact) mass is 453 g/mol. The maximum Gasteiger partial charge on any atom is 0.264 e. The van der Waals surface area contributed by atoms with Crippen molar-refractivity contribution in [3.05, 3.63) is 51.7 Å². The van der Waals surface area contributed by atoms with Crippen LogP contribution < -0.4 is 4.90 Å². The molecule has 1 aromatic heterocycles. The molecule has 3 heterocycles. The third-order valence-electron chi connectivity index (χ3n) is 6.60. The SMILES string of the molecule is CCCCN(C)C(=O)C1CCCN(c2cccc3c2C(=O)N(C(C)c2cccs2)C3=O)C1. The van der Waals surface area contributed by atoms with Gasteiger partial charge in [0.1, 0.15) is 0 Å². The number of rotatable bonds is 7. The maximum atomic E-state index is 13.5. The summed E-state index contributed by atoms with van der Waals surface area (Å²) in [6, 6.07) is 9.08. The van der Waals surface area contributed by atoms with E-state index in [-0.39, 0.29) is 29.7 Å². The van der Waals surface area contributed by atoms with Gasteiger partial charge in [-0.3, -0.25) is 19.3 Å². The second-order valence-corrected chi connectivity index (χ2v) is 9.75. The Hall–Kier alpha value is -2.67. The fourth-order valence-corrected chi connectivity index (χ4v) is 5.55. The first-order valence-electron chi connectivity index (χ1n) is 11.5. The Bertz CT molecular complexity index is 1000. The topological polar surface area (TPSA) is 60.9 Å². The van der Waals surface area contributed by atoms with Gasteiger partial charge in [0.2, 0.25) is 5.91 Å². The molecule has 0 N–H and O–H groups in total. The molecule has 0 radical (unpaired) electrons. The van der Waals surface area contributed by atoms with Crippen molar-refractivity contribution in [2.24, 2.45) is 5.92 Å². The minimum Gasteiger partial charge on any atom is -0.370 e. The zero-order valence-corrected chi connectivity index (χ0v) is 19.9. The smallest absolute Gasteiger partial charge is 0.264 e. The van der Waals surface area contributed by atoms with Crippen LogP contribution in [-0.2, 0) is 4.79 Å². The standard InChI is InChI=1S/C25H31N3O3S/c1-4-5-13-26(3)23(29)18-9-7-14-27(16-18)20-11-6-10-19-22(20)25(31)28(24(19)30)17(2)21-12-8-15-32-21/h6,8,10-12,15,17-18H,4-5,7,9,13-14,16H2,1-3H3.